The highest BCUT2D eigenvalue weighted by atomic mass is 19.1. The number of carbonyl (C=O) groups excluding carboxylic acids is 2. The number of hydrogen-bond acceptors (Lipinski definition) is 3. The van der Waals surface area contributed by atoms with Crippen molar-refractivity contribution in [1.82, 2.24) is 4.90 Å². The summed E-state index contributed by atoms with van der Waals surface area (Å²) >= 11 is 0. The summed E-state index contributed by atoms with van der Waals surface area (Å²) in [5, 5.41) is 3.11. The lowest BCUT2D eigenvalue weighted by molar-refractivity contribution is -0.123. The molecular weight excluding hydrogens is 455 g/mol. The molecule has 1 N–H and O–H groups in total. The second-order valence-corrected chi connectivity index (χ2v) is 10.6. The van der Waals surface area contributed by atoms with Gasteiger partial charge in [0.15, 0.2) is 0 Å². The smallest absolute Gasteiger partial charge is 0.257 e. The van der Waals surface area contributed by atoms with E-state index in [-0.39, 0.29) is 28.8 Å². The Morgan fingerprint density at radius 3 is 2.58 bits per heavy atom. The number of nitrogens with zero attached hydrogens (tertiary/aromatic N) is 1. The molecule has 4 rings (SSSR count). The molecule has 0 bridgehead atoms. The number of rotatable bonds is 5. The highest BCUT2D eigenvalue weighted by Crippen LogP contribution is 2.35. The Hall–Kier alpha value is -3.41. The van der Waals surface area contributed by atoms with Gasteiger partial charge in [-0.2, -0.15) is 0 Å². The topological polar surface area (TPSA) is 58.6 Å². The van der Waals surface area contributed by atoms with Crippen LogP contribution in [0.4, 0.5) is 10.1 Å². The molecule has 0 radical (unpaired) electrons. The molecule has 190 valence electrons. The maximum absolute atomic E-state index is 14.9. The molecular formula is C30H35FN2O3. The van der Waals surface area contributed by atoms with E-state index in [1.54, 1.807) is 11.0 Å². The molecule has 1 saturated heterocycles. The van der Waals surface area contributed by atoms with Crippen LogP contribution in [0.1, 0.15) is 56.0 Å². The van der Waals surface area contributed by atoms with Crippen molar-refractivity contribution >= 4 is 17.5 Å². The first kappa shape index (κ1) is 25.7. The van der Waals surface area contributed by atoms with Crippen molar-refractivity contribution in [2.75, 3.05) is 19.0 Å². The van der Waals surface area contributed by atoms with Crippen LogP contribution in [0.25, 0.3) is 0 Å². The van der Waals surface area contributed by atoms with Crippen LogP contribution >= 0.6 is 0 Å². The third-order valence-electron chi connectivity index (χ3n) is 7.14. The summed E-state index contributed by atoms with van der Waals surface area (Å²) in [6.45, 7) is 6.88. The summed E-state index contributed by atoms with van der Waals surface area (Å²) < 4.78 is 19.9. The van der Waals surface area contributed by atoms with Crippen LogP contribution in [0.5, 0.6) is 5.75 Å². The maximum Gasteiger partial charge on any atom is 0.257 e. The number of nitrogens with one attached hydrogen (secondary N) is 1. The van der Waals surface area contributed by atoms with Crippen molar-refractivity contribution in [3.63, 3.8) is 0 Å². The fraction of sp³-hybridized carbons (Fsp3) is 0.400. The molecule has 1 unspecified atom stereocenters. The number of likely N-dealkylation sites (tertiary alicyclic amines) is 1. The lowest BCUT2D eigenvalue weighted by Gasteiger charge is -2.44. The number of methoxy groups -OCH3 is 1. The van der Waals surface area contributed by atoms with E-state index >= 15 is 0 Å². The number of amides is 2. The molecule has 2 aromatic carbocycles. The van der Waals surface area contributed by atoms with Gasteiger partial charge in [0.1, 0.15) is 11.6 Å². The quantitative estimate of drug-likeness (QED) is 0.549. The molecule has 6 heteroatoms. The summed E-state index contributed by atoms with van der Waals surface area (Å²) in [6.07, 6.45) is 10.1. The Balaban J connectivity index is 1.63. The zero-order chi connectivity index (χ0) is 25.9. The first-order valence-electron chi connectivity index (χ1n) is 12.6. The molecule has 1 heterocycles. The lowest BCUT2D eigenvalue weighted by Crippen LogP contribution is -2.55. The SMILES string of the molecule is COc1ccc(C(=O)N2CCC[C@H](C(=O)Nc3cccc(C(C)(C)C)c3)[C@@H]2C2C=CC=CC2)c(F)c1. The van der Waals surface area contributed by atoms with E-state index in [4.69, 9.17) is 4.74 Å². The Morgan fingerprint density at radius 1 is 1.11 bits per heavy atom. The number of anilines is 1. The molecule has 0 aromatic heterocycles. The minimum Gasteiger partial charge on any atom is -0.497 e. The average molecular weight is 491 g/mol. The number of halogens is 1. The molecule has 2 amide bonds. The fourth-order valence-corrected chi connectivity index (χ4v) is 5.17. The molecule has 0 saturated carbocycles. The summed E-state index contributed by atoms with van der Waals surface area (Å²) in [5.41, 5.74) is 1.83. The van der Waals surface area contributed by atoms with E-state index in [9.17, 15) is 14.0 Å². The normalized spacial score (nSPS) is 21.8. The van der Waals surface area contributed by atoms with Crippen LogP contribution in [-0.2, 0) is 10.2 Å². The van der Waals surface area contributed by atoms with E-state index < -0.39 is 17.6 Å². The molecule has 1 fully saturated rings. The van der Waals surface area contributed by atoms with Crippen molar-refractivity contribution < 1.29 is 18.7 Å². The second kappa shape index (κ2) is 10.7. The van der Waals surface area contributed by atoms with Crippen molar-refractivity contribution in [2.45, 2.75) is 51.5 Å². The Bertz CT molecular complexity index is 1180. The van der Waals surface area contributed by atoms with Gasteiger partial charge in [-0.05, 0) is 54.5 Å². The van der Waals surface area contributed by atoms with Crippen LogP contribution < -0.4 is 10.1 Å². The highest BCUT2D eigenvalue weighted by molar-refractivity contribution is 5.97. The summed E-state index contributed by atoms with van der Waals surface area (Å²) in [5.74, 6) is -1.21. The highest BCUT2D eigenvalue weighted by Gasteiger charge is 2.42. The monoisotopic (exact) mass is 490 g/mol. The summed E-state index contributed by atoms with van der Waals surface area (Å²) in [4.78, 5) is 29.0. The Morgan fingerprint density at radius 2 is 1.92 bits per heavy atom. The van der Waals surface area contributed by atoms with E-state index in [2.05, 4.69) is 44.3 Å². The summed E-state index contributed by atoms with van der Waals surface area (Å²) in [7, 11) is 1.46. The van der Waals surface area contributed by atoms with E-state index in [1.165, 1.54) is 19.2 Å². The van der Waals surface area contributed by atoms with Crippen LogP contribution in [0, 0.1) is 17.7 Å². The minimum absolute atomic E-state index is 0.00457. The molecule has 2 aromatic rings. The lowest BCUT2D eigenvalue weighted by atomic mass is 9.77. The number of ether oxygens (including phenoxy) is 1. The van der Waals surface area contributed by atoms with E-state index in [1.807, 2.05) is 30.4 Å². The van der Waals surface area contributed by atoms with Crippen molar-refractivity contribution in [3.05, 3.63) is 83.7 Å². The van der Waals surface area contributed by atoms with Gasteiger partial charge in [0, 0.05) is 24.2 Å². The molecule has 1 aliphatic carbocycles. The fourth-order valence-electron chi connectivity index (χ4n) is 5.17. The van der Waals surface area contributed by atoms with Gasteiger partial charge in [0.05, 0.1) is 24.6 Å². The predicted molar refractivity (Wildman–Crippen MR) is 141 cm³/mol. The zero-order valence-corrected chi connectivity index (χ0v) is 21.5. The van der Waals surface area contributed by atoms with Gasteiger partial charge in [0.2, 0.25) is 5.91 Å². The van der Waals surface area contributed by atoms with Gasteiger partial charge in [0.25, 0.3) is 5.91 Å². The molecule has 2 aliphatic rings. The van der Waals surface area contributed by atoms with E-state index in [0.717, 1.165) is 17.7 Å². The second-order valence-electron chi connectivity index (χ2n) is 10.6. The van der Waals surface area contributed by atoms with Crippen LogP contribution in [-0.4, -0.2) is 36.4 Å². The largest absolute Gasteiger partial charge is 0.497 e. The number of benzene rings is 2. The van der Waals surface area contributed by atoms with Crippen molar-refractivity contribution in [3.8, 4) is 5.75 Å². The van der Waals surface area contributed by atoms with Gasteiger partial charge < -0.3 is 15.0 Å². The zero-order valence-electron chi connectivity index (χ0n) is 21.5. The third kappa shape index (κ3) is 5.53. The molecule has 36 heavy (non-hydrogen) atoms. The molecule has 0 spiro atoms. The van der Waals surface area contributed by atoms with Gasteiger partial charge in [-0.25, -0.2) is 4.39 Å². The predicted octanol–water partition coefficient (Wildman–Crippen LogP) is 6.12. The van der Waals surface area contributed by atoms with Crippen LogP contribution in [0.2, 0.25) is 0 Å². The van der Waals surface area contributed by atoms with Crippen LogP contribution in [0.15, 0.2) is 66.8 Å². The van der Waals surface area contributed by atoms with Crippen LogP contribution in [0.3, 0.4) is 0 Å². The van der Waals surface area contributed by atoms with Gasteiger partial charge in [-0.15, -0.1) is 0 Å². The number of hydrogen-bond donors (Lipinski definition) is 1. The molecule has 5 nitrogen and oxygen atoms in total. The third-order valence-corrected chi connectivity index (χ3v) is 7.14. The first-order chi connectivity index (χ1) is 17.2. The standard InChI is InChI=1S/C30H35FN2O3/c1-30(2,3)21-12-8-13-22(18-21)32-28(34)25-14-9-17-33(27(25)20-10-6-5-7-11-20)29(35)24-16-15-23(36-4)19-26(24)31/h5-8,10,12-13,15-16,18-20,25,27H,9,11,14,17H2,1-4H3,(H,32,34)/t20?,25-,27-/m0/s1. The Kier molecular flexibility index (Phi) is 7.62. The van der Waals surface area contributed by atoms with Gasteiger partial charge >= 0.3 is 0 Å². The van der Waals surface area contributed by atoms with Gasteiger partial charge in [-0.1, -0.05) is 57.2 Å². The number of allylic oxidation sites excluding steroid dienone is 3. The average Bonchev–Trinajstić information content (AvgIpc) is 2.88. The van der Waals surface area contributed by atoms with Gasteiger partial charge in [-0.3, -0.25) is 9.59 Å². The maximum atomic E-state index is 14.9. The van der Waals surface area contributed by atoms with Crippen molar-refractivity contribution in [2.24, 2.45) is 11.8 Å². The first-order valence-corrected chi connectivity index (χ1v) is 12.6. The molecule has 1 aliphatic heterocycles. The Labute approximate surface area is 213 Å². The van der Waals surface area contributed by atoms with Crippen molar-refractivity contribution in [1.29, 1.82) is 0 Å². The summed E-state index contributed by atoms with van der Waals surface area (Å²) in [6, 6.07) is 11.8. The number of carbonyl (C=O) groups is 2. The van der Waals surface area contributed by atoms with E-state index in [0.29, 0.717) is 25.1 Å². The number of piperidine rings is 1. The minimum atomic E-state index is -0.622. The molecule has 3 atom stereocenters.